The lowest BCUT2D eigenvalue weighted by atomic mass is 9.97. The number of ketones is 1. The van der Waals surface area contributed by atoms with E-state index in [-0.39, 0.29) is 22.8 Å². The van der Waals surface area contributed by atoms with E-state index in [1.165, 1.54) is 39.2 Å². The van der Waals surface area contributed by atoms with Gasteiger partial charge in [-0.25, -0.2) is 0 Å². The molecule has 0 heterocycles. The van der Waals surface area contributed by atoms with Crippen LogP contribution in [0.1, 0.15) is 20.3 Å². The van der Waals surface area contributed by atoms with Gasteiger partial charge in [-0.2, -0.15) is 8.42 Å². The summed E-state index contributed by atoms with van der Waals surface area (Å²) in [7, 11) is -3.02. The summed E-state index contributed by atoms with van der Waals surface area (Å²) in [6.07, 6.45) is -0.213. The monoisotopic (exact) mass is 315 g/mol. The Kier molecular flexibility index (Phi) is 5.21. The van der Waals surface area contributed by atoms with Gasteiger partial charge in [0.25, 0.3) is 10.1 Å². The van der Waals surface area contributed by atoms with Crippen LogP contribution in [-0.4, -0.2) is 37.4 Å². The van der Waals surface area contributed by atoms with Crippen molar-refractivity contribution in [2.45, 2.75) is 30.8 Å². The zero-order valence-electron chi connectivity index (χ0n) is 11.9. The number of hydrogen-bond donors (Lipinski definition) is 2. The summed E-state index contributed by atoms with van der Waals surface area (Å²) in [6, 6.07) is 5.15. The van der Waals surface area contributed by atoms with Crippen molar-refractivity contribution in [3.8, 4) is 0 Å². The lowest BCUT2D eigenvalue weighted by molar-refractivity contribution is -0.141. The van der Waals surface area contributed by atoms with Crippen molar-refractivity contribution in [1.29, 1.82) is 0 Å². The van der Waals surface area contributed by atoms with Gasteiger partial charge in [0.1, 0.15) is 5.60 Å². The van der Waals surface area contributed by atoms with Crippen molar-refractivity contribution in [1.82, 2.24) is 0 Å². The SMILES string of the molecule is COC(C)(CC(=O)Nc1cccc(S(=O)(=O)O)c1)C(C)=O. The average molecular weight is 315 g/mol. The number of anilines is 1. The number of methoxy groups -OCH3 is 1. The van der Waals surface area contributed by atoms with Gasteiger partial charge < -0.3 is 10.1 Å². The molecule has 0 saturated heterocycles. The number of benzene rings is 1. The average Bonchev–Trinajstić information content (AvgIpc) is 2.37. The van der Waals surface area contributed by atoms with Crippen LogP contribution in [0.2, 0.25) is 0 Å². The third kappa shape index (κ3) is 4.62. The molecule has 1 aromatic carbocycles. The molecule has 8 heteroatoms. The van der Waals surface area contributed by atoms with Crippen LogP contribution >= 0.6 is 0 Å². The minimum atomic E-state index is -4.34. The first-order chi connectivity index (χ1) is 9.58. The van der Waals surface area contributed by atoms with Gasteiger partial charge in [0.05, 0.1) is 11.3 Å². The molecule has 0 aliphatic heterocycles. The van der Waals surface area contributed by atoms with E-state index < -0.39 is 21.6 Å². The Morgan fingerprint density at radius 3 is 2.48 bits per heavy atom. The highest BCUT2D eigenvalue weighted by Gasteiger charge is 2.32. The van der Waals surface area contributed by atoms with Gasteiger partial charge in [-0.1, -0.05) is 6.07 Å². The molecule has 0 aliphatic carbocycles. The zero-order chi connectivity index (χ0) is 16.3. The summed E-state index contributed by atoms with van der Waals surface area (Å²) in [6.45, 7) is 2.80. The van der Waals surface area contributed by atoms with Crippen molar-refractivity contribution in [2.24, 2.45) is 0 Å². The Bertz CT molecular complexity index is 654. The standard InChI is InChI=1S/C13H17NO6S/c1-9(15)13(2,20-3)8-12(16)14-10-5-4-6-11(7-10)21(17,18)19/h4-7H,8H2,1-3H3,(H,14,16)(H,17,18,19). The number of hydrogen-bond acceptors (Lipinski definition) is 5. The van der Waals surface area contributed by atoms with Gasteiger partial charge in [0.2, 0.25) is 5.91 Å². The Hall–Kier alpha value is -1.77. The fraction of sp³-hybridized carbons (Fsp3) is 0.385. The molecule has 0 radical (unpaired) electrons. The van der Waals surface area contributed by atoms with E-state index in [2.05, 4.69) is 5.32 Å². The molecule has 7 nitrogen and oxygen atoms in total. The van der Waals surface area contributed by atoms with E-state index in [9.17, 15) is 18.0 Å². The molecule has 1 atom stereocenters. The fourth-order valence-corrected chi connectivity index (χ4v) is 2.11. The van der Waals surface area contributed by atoms with E-state index >= 15 is 0 Å². The Balaban J connectivity index is 2.88. The molecule has 1 rings (SSSR count). The third-order valence-corrected chi connectivity index (χ3v) is 3.96. The van der Waals surface area contributed by atoms with Crippen LogP contribution in [0, 0.1) is 0 Å². The second-order valence-electron chi connectivity index (χ2n) is 4.72. The second kappa shape index (κ2) is 6.33. The quantitative estimate of drug-likeness (QED) is 0.765. The lowest BCUT2D eigenvalue weighted by Gasteiger charge is -2.24. The van der Waals surface area contributed by atoms with Crippen LogP contribution < -0.4 is 5.32 Å². The minimum Gasteiger partial charge on any atom is -0.370 e. The summed E-state index contributed by atoms with van der Waals surface area (Å²) < 4.78 is 36.0. The second-order valence-corrected chi connectivity index (χ2v) is 6.14. The number of nitrogens with one attached hydrogen (secondary N) is 1. The number of carbonyl (C=O) groups excluding carboxylic acids is 2. The van der Waals surface area contributed by atoms with E-state index in [0.717, 1.165) is 6.07 Å². The number of Topliss-reactive ketones (excluding diaryl/α,β-unsaturated/α-hetero) is 1. The van der Waals surface area contributed by atoms with E-state index in [1.54, 1.807) is 0 Å². The number of amides is 1. The predicted octanol–water partition coefficient (Wildman–Crippen LogP) is 1.26. The molecule has 1 amide bonds. The summed E-state index contributed by atoms with van der Waals surface area (Å²) in [5.41, 5.74) is -1.05. The Labute approximate surface area is 123 Å². The highest BCUT2D eigenvalue weighted by molar-refractivity contribution is 7.85. The fourth-order valence-electron chi connectivity index (χ4n) is 1.59. The highest BCUT2D eigenvalue weighted by Crippen LogP contribution is 2.19. The summed E-state index contributed by atoms with van der Waals surface area (Å²) in [5.74, 6) is -0.811. The molecular formula is C13H17NO6S. The van der Waals surface area contributed by atoms with Crippen LogP contribution in [0.3, 0.4) is 0 Å². The minimum absolute atomic E-state index is 0.192. The zero-order valence-corrected chi connectivity index (χ0v) is 12.7. The van der Waals surface area contributed by atoms with Crippen molar-refractivity contribution in [2.75, 3.05) is 12.4 Å². The molecule has 0 aliphatic rings. The lowest BCUT2D eigenvalue weighted by Crippen LogP contribution is -2.39. The van der Waals surface area contributed by atoms with E-state index in [4.69, 9.17) is 9.29 Å². The molecule has 0 bridgehead atoms. The van der Waals surface area contributed by atoms with Crippen molar-refractivity contribution >= 4 is 27.5 Å². The number of ether oxygens (including phenoxy) is 1. The van der Waals surface area contributed by atoms with Crippen LogP contribution in [0.15, 0.2) is 29.2 Å². The summed E-state index contributed by atoms with van der Waals surface area (Å²) in [5, 5.41) is 2.45. The third-order valence-electron chi connectivity index (χ3n) is 3.11. The molecule has 21 heavy (non-hydrogen) atoms. The number of rotatable bonds is 6. The Morgan fingerprint density at radius 1 is 1.38 bits per heavy atom. The first-order valence-electron chi connectivity index (χ1n) is 6.02. The Morgan fingerprint density at radius 2 is 2.00 bits per heavy atom. The molecule has 0 saturated carbocycles. The molecule has 0 spiro atoms. The molecular weight excluding hydrogens is 298 g/mol. The van der Waals surface area contributed by atoms with Crippen molar-refractivity contribution in [3.63, 3.8) is 0 Å². The van der Waals surface area contributed by atoms with E-state index in [0.29, 0.717) is 0 Å². The maximum absolute atomic E-state index is 11.9. The predicted molar refractivity (Wildman–Crippen MR) is 75.6 cm³/mol. The van der Waals surface area contributed by atoms with Crippen LogP contribution in [0.5, 0.6) is 0 Å². The van der Waals surface area contributed by atoms with E-state index in [1.807, 2.05) is 0 Å². The molecule has 1 aromatic rings. The molecule has 1 unspecified atom stereocenters. The molecule has 0 aromatic heterocycles. The first-order valence-corrected chi connectivity index (χ1v) is 7.46. The maximum atomic E-state index is 11.9. The van der Waals surface area contributed by atoms with Gasteiger partial charge >= 0.3 is 0 Å². The van der Waals surface area contributed by atoms with Crippen LogP contribution in [-0.2, 0) is 24.4 Å². The topological polar surface area (TPSA) is 110 Å². The molecule has 2 N–H and O–H groups in total. The van der Waals surface area contributed by atoms with Gasteiger partial charge in [-0.05, 0) is 32.0 Å². The normalized spacial score (nSPS) is 14.3. The van der Waals surface area contributed by atoms with Gasteiger partial charge in [0, 0.05) is 12.8 Å². The van der Waals surface area contributed by atoms with Crippen LogP contribution in [0.4, 0.5) is 5.69 Å². The molecule has 0 fully saturated rings. The van der Waals surface area contributed by atoms with Crippen molar-refractivity contribution < 1.29 is 27.3 Å². The largest absolute Gasteiger partial charge is 0.370 e. The highest BCUT2D eigenvalue weighted by atomic mass is 32.2. The van der Waals surface area contributed by atoms with Gasteiger partial charge in [-0.15, -0.1) is 0 Å². The van der Waals surface area contributed by atoms with Crippen LogP contribution in [0.25, 0.3) is 0 Å². The smallest absolute Gasteiger partial charge is 0.294 e. The summed E-state index contributed by atoms with van der Waals surface area (Å²) >= 11 is 0. The van der Waals surface area contributed by atoms with Gasteiger partial charge in [-0.3, -0.25) is 14.1 Å². The summed E-state index contributed by atoms with van der Waals surface area (Å²) in [4.78, 5) is 23.0. The maximum Gasteiger partial charge on any atom is 0.294 e. The first kappa shape index (κ1) is 17.3. The van der Waals surface area contributed by atoms with Gasteiger partial charge in [0.15, 0.2) is 5.78 Å². The van der Waals surface area contributed by atoms with Crippen molar-refractivity contribution in [3.05, 3.63) is 24.3 Å². The molecule has 116 valence electrons. The number of carbonyl (C=O) groups is 2.